The Bertz CT molecular complexity index is 1230. The molecule has 37 heavy (non-hydrogen) atoms. The van der Waals surface area contributed by atoms with E-state index in [9.17, 15) is 34.8 Å². The summed E-state index contributed by atoms with van der Waals surface area (Å²) in [6.07, 6.45) is 1.37. The number of fused-ring (bicyclic) bond motifs is 3. The highest BCUT2D eigenvalue weighted by Crippen LogP contribution is 2.52. The van der Waals surface area contributed by atoms with E-state index in [1.807, 2.05) is 0 Å². The fourth-order valence-electron chi connectivity index (χ4n) is 6.08. The van der Waals surface area contributed by atoms with E-state index in [0.29, 0.717) is 18.0 Å². The molecule has 0 heterocycles. The van der Waals surface area contributed by atoms with Gasteiger partial charge in [-0.1, -0.05) is 26.3 Å². The van der Waals surface area contributed by atoms with Gasteiger partial charge in [0.2, 0.25) is 5.78 Å². The Hall–Kier alpha value is -3.21. The fraction of sp³-hybridized carbons (Fsp3) is 0.519. The van der Waals surface area contributed by atoms with Gasteiger partial charge in [0, 0.05) is 18.0 Å². The molecule has 7 N–H and O–H groups in total. The molecule has 1 aromatic rings. The normalized spacial score (nSPS) is 28.2. The van der Waals surface area contributed by atoms with Crippen LogP contribution in [0.2, 0.25) is 0 Å². The number of amides is 1. The first kappa shape index (κ1) is 26.8. The van der Waals surface area contributed by atoms with Gasteiger partial charge in [0.05, 0.1) is 11.6 Å². The van der Waals surface area contributed by atoms with Crippen molar-refractivity contribution >= 4 is 17.5 Å². The van der Waals surface area contributed by atoms with Crippen LogP contribution in [-0.4, -0.2) is 75.1 Å². The van der Waals surface area contributed by atoms with Crippen LogP contribution in [0.15, 0.2) is 34.8 Å². The highest BCUT2D eigenvalue weighted by Gasteiger charge is 2.63. The van der Waals surface area contributed by atoms with Gasteiger partial charge in [-0.2, -0.15) is 0 Å². The first-order valence-electron chi connectivity index (χ1n) is 12.5. The summed E-state index contributed by atoms with van der Waals surface area (Å²) < 4.78 is 0. The van der Waals surface area contributed by atoms with Gasteiger partial charge >= 0.3 is 0 Å². The Morgan fingerprint density at radius 3 is 2.51 bits per heavy atom. The number of nitrogens with one attached hydrogen (secondary N) is 1. The molecular weight excluding hydrogens is 478 g/mol. The van der Waals surface area contributed by atoms with Crippen molar-refractivity contribution in [2.45, 2.75) is 51.3 Å². The highest BCUT2D eigenvalue weighted by atomic mass is 16.3. The fourth-order valence-corrected chi connectivity index (χ4v) is 6.08. The molecule has 0 saturated heterocycles. The number of aliphatic hydroxyl groups is 3. The van der Waals surface area contributed by atoms with Crippen molar-refractivity contribution in [3.05, 3.63) is 51.5 Å². The zero-order valence-electron chi connectivity index (χ0n) is 21.5. The summed E-state index contributed by atoms with van der Waals surface area (Å²) in [6, 6.07) is 2.18. The van der Waals surface area contributed by atoms with E-state index in [1.54, 1.807) is 20.2 Å². The van der Waals surface area contributed by atoms with Crippen molar-refractivity contribution in [3.63, 3.8) is 0 Å². The average molecular weight is 514 g/mol. The van der Waals surface area contributed by atoms with Gasteiger partial charge in [0.15, 0.2) is 11.4 Å². The van der Waals surface area contributed by atoms with Crippen LogP contribution >= 0.6 is 0 Å². The van der Waals surface area contributed by atoms with E-state index in [-0.39, 0.29) is 29.7 Å². The smallest absolute Gasteiger partial charge is 0.255 e. The van der Waals surface area contributed by atoms with Gasteiger partial charge in [0.1, 0.15) is 22.8 Å². The van der Waals surface area contributed by atoms with Crippen molar-refractivity contribution in [1.29, 1.82) is 0 Å². The number of hydrogen-bond acceptors (Lipinski definition) is 9. The molecule has 0 saturated carbocycles. The van der Waals surface area contributed by atoms with Gasteiger partial charge in [-0.3, -0.25) is 19.3 Å². The molecule has 1 amide bonds. The van der Waals surface area contributed by atoms with Crippen LogP contribution in [0.5, 0.6) is 5.75 Å². The molecule has 0 radical (unpaired) electrons. The minimum Gasteiger partial charge on any atom is -0.510 e. The summed E-state index contributed by atoms with van der Waals surface area (Å²) in [6.45, 7) is 5.50. The minimum absolute atomic E-state index is 0.0311. The largest absolute Gasteiger partial charge is 0.510 e. The van der Waals surface area contributed by atoms with Gasteiger partial charge in [-0.15, -0.1) is 0 Å². The topological polar surface area (TPSA) is 173 Å². The van der Waals surface area contributed by atoms with E-state index in [1.165, 1.54) is 11.0 Å². The zero-order chi connectivity index (χ0) is 27.4. The number of rotatable bonds is 7. The zero-order valence-corrected chi connectivity index (χ0v) is 21.5. The third kappa shape index (κ3) is 4.03. The number of phenols is 1. The van der Waals surface area contributed by atoms with Gasteiger partial charge in [0.25, 0.3) is 5.91 Å². The van der Waals surface area contributed by atoms with Crippen LogP contribution < -0.4 is 11.1 Å². The number of aromatic hydroxyl groups is 1. The van der Waals surface area contributed by atoms with Gasteiger partial charge in [-0.25, -0.2) is 0 Å². The Labute approximate surface area is 215 Å². The molecule has 0 aromatic heterocycles. The lowest BCUT2D eigenvalue weighted by molar-refractivity contribution is -0.148. The summed E-state index contributed by atoms with van der Waals surface area (Å²) in [5, 5.41) is 47.8. The molecule has 3 aliphatic rings. The number of nitrogens with two attached hydrogens (primary N) is 1. The molecule has 0 aliphatic heterocycles. The van der Waals surface area contributed by atoms with Crippen LogP contribution in [0, 0.1) is 17.8 Å². The number of aliphatic hydroxyl groups excluding tert-OH is 2. The molecular formula is C27H35N3O7. The summed E-state index contributed by atoms with van der Waals surface area (Å²) in [5.41, 5.74) is 3.27. The van der Waals surface area contributed by atoms with Crippen molar-refractivity contribution in [1.82, 2.24) is 10.2 Å². The van der Waals surface area contributed by atoms with E-state index < -0.39 is 58.0 Å². The van der Waals surface area contributed by atoms with Crippen molar-refractivity contribution in [3.8, 4) is 5.75 Å². The number of carbonyl (C=O) groups is 3. The highest BCUT2D eigenvalue weighted by molar-refractivity contribution is 6.24. The molecule has 0 spiro atoms. The van der Waals surface area contributed by atoms with Crippen molar-refractivity contribution < 1.29 is 34.8 Å². The summed E-state index contributed by atoms with van der Waals surface area (Å²) >= 11 is 0. The van der Waals surface area contributed by atoms with Crippen LogP contribution in [-0.2, 0) is 22.6 Å². The number of ketones is 2. The molecule has 10 heteroatoms. The summed E-state index contributed by atoms with van der Waals surface area (Å²) in [7, 11) is 3.21. The number of Topliss-reactive ketones (excluding diaryl/α,β-unsaturated/α-hetero) is 2. The third-order valence-corrected chi connectivity index (χ3v) is 8.21. The van der Waals surface area contributed by atoms with Crippen LogP contribution in [0.1, 0.15) is 48.2 Å². The minimum atomic E-state index is -2.63. The molecule has 0 bridgehead atoms. The Kier molecular flexibility index (Phi) is 6.96. The monoisotopic (exact) mass is 513 g/mol. The predicted octanol–water partition coefficient (Wildman–Crippen LogP) is 1.26. The van der Waals surface area contributed by atoms with E-state index >= 15 is 0 Å². The molecule has 200 valence electrons. The van der Waals surface area contributed by atoms with E-state index in [2.05, 4.69) is 19.2 Å². The molecule has 10 nitrogen and oxygen atoms in total. The van der Waals surface area contributed by atoms with Crippen LogP contribution in [0.25, 0.3) is 0 Å². The van der Waals surface area contributed by atoms with Gasteiger partial charge in [-0.05, 0) is 62.5 Å². The number of likely N-dealkylation sites (N-methyl/N-ethyl adjacent to an activating group) is 1. The molecule has 5 atom stereocenters. The SMILES string of the molecule is CCC(C)CNCc1ccc(O)c2c1C[C@H]1C[C@H]3[C@H](N(C)C)C(O)=C(C(N)=O)C(=O)[C@@]3(O)C(O)=C1C2=O. The number of hydrogen-bond donors (Lipinski definition) is 6. The molecule has 4 rings (SSSR count). The number of phenolic OH excluding ortho intramolecular Hbond substituents is 1. The average Bonchev–Trinajstić information content (AvgIpc) is 2.82. The van der Waals surface area contributed by atoms with Crippen LogP contribution in [0.4, 0.5) is 0 Å². The maximum atomic E-state index is 13.7. The third-order valence-electron chi connectivity index (χ3n) is 8.21. The molecule has 0 fully saturated rings. The maximum absolute atomic E-state index is 13.7. The number of allylic oxidation sites excluding steroid dienone is 1. The first-order chi connectivity index (χ1) is 17.4. The van der Waals surface area contributed by atoms with E-state index in [4.69, 9.17) is 5.73 Å². The number of nitrogens with zero attached hydrogens (tertiary/aromatic N) is 1. The predicted molar refractivity (Wildman–Crippen MR) is 135 cm³/mol. The number of primary amides is 1. The second-order valence-corrected chi connectivity index (χ2v) is 10.7. The molecule has 3 aliphatic carbocycles. The molecule has 1 aromatic carbocycles. The summed E-state index contributed by atoms with van der Waals surface area (Å²) in [4.78, 5) is 40.6. The number of carbonyl (C=O) groups excluding carboxylic acids is 3. The summed E-state index contributed by atoms with van der Waals surface area (Å²) in [5.74, 6) is -6.00. The lowest BCUT2D eigenvalue weighted by atomic mass is 9.58. The Morgan fingerprint density at radius 2 is 1.92 bits per heavy atom. The van der Waals surface area contributed by atoms with Crippen molar-refractivity contribution in [2.75, 3.05) is 20.6 Å². The van der Waals surface area contributed by atoms with Crippen molar-refractivity contribution in [2.24, 2.45) is 23.5 Å². The second-order valence-electron chi connectivity index (χ2n) is 10.7. The second kappa shape index (κ2) is 9.59. The maximum Gasteiger partial charge on any atom is 0.255 e. The quantitative estimate of drug-likeness (QED) is 0.293. The lowest BCUT2D eigenvalue weighted by Crippen LogP contribution is -2.63. The van der Waals surface area contributed by atoms with Crippen LogP contribution in [0.3, 0.4) is 0 Å². The standard InChI is InChI=1S/C27H35N3O7/c1-5-12(2)10-29-11-13-6-7-17(31)19-15(13)8-14-9-16-21(30(3)4)23(33)20(26(28)36)25(35)27(16,37)24(34)18(14)22(19)32/h6-7,12,14,16,21,29,31,33-34,37H,5,8-11H2,1-4H3,(H2,28,36)/t12?,14-,16-,21-,27-/m0/s1. The first-order valence-corrected chi connectivity index (χ1v) is 12.5. The number of benzene rings is 1. The van der Waals surface area contributed by atoms with E-state index in [0.717, 1.165) is 18.5 Å². The Balaban J connectivity index is 1.83. The Morgan fingerprint density at radius 1 is 1.24 bits per heavy atom. The lowest BCUT2D eigenvalue weighted by Gasteiger charge is -2.50. The molecule has 1 unspecified atom stereocenters. The van der Waals surface area contributed by atoms with Gasteiger partial charge < -0.3 is 31.5 Å².